The van der Waals surface area contributed by atoms with Gasteiger partial charge in [0.05, 0.1) is 18.1 Å². The van der Waals surface area contributed by atoms with Gasteiger partial charge in [0, 0.05) is 45.1 Å². The number of rotatable bonds is 3. The molecule has 132 valence electrons. The second kappa shape index (κ2) is 6.98. The number of ether oxygens (including phenoxy) is 2. The predicted octanol–water partition coefficient (Wildman–Crippen LogP) is 1.09. The number of fused-ring (bicyclic) bond motifs is 1. The number of benzene rings is 1. The molecule has 2 aliphatic rings. The molecule has 1 saturated heterocycles. The molecule has 3 rings (SSSR count). The molecule has 0 bridgehead atoms. The van der Waals surface area contributed by atoms with Crippen LogP contribution in [0.2, 0.25) is 0 Å². The summed E-state index contributed by atoms with van der Waals surface area (Å²) in [6.07, 6.45) is 1.21. The van der Waals surface area contributed by atoms with Gasteiger partial charge in [0.25, 0.3) is 0 Å². The molecule has 0 aliphatic carbocycles. The molecule has 24 heavy (non-hydrogen) atoms. The average Bonchev–Trinajstić information content (AvgIpc) is 2.85. The van der Waals surface area contributed by atoms with Crippen LogP contribution in [0.15, 0.2) is 23.1 Å². The van der Waals surface area contributed by atoms with Crippen LogP contribution in [0.4, 0.5) is 0 Å². The van der Waals surface area contributed by atoms with Gasteiger partial charge in [0.15, 0.2) is 11.5 Å². The lowest BCUT2D eigenvalue weighted by molar-refractivity contribution is -0.132. The predicted molar refractivity (Wildman–Crippen MR) is 87.7 cm³/mol. The van der Waals surface area contributed by atoms with Gasteiger partial charge in [-0.2, -0.15) is 4.31 Å². The van der Waals surface area contributed by atoms with Crippen molar-refractivity contribution in [3.63, 3.8) is 0 Å². The quantitative estimate of drug-likeness (QED) is 0.812. The number of hydrogen-bond donors (Lipinski definition) is 0. The largest absolute Gasteiger partial charge is 0.490 e. The van der Waals surface area contributed by atoms with E-state index in [1.165, 1.54) is 10.4 Å². The van der Waals surface area contributed by atoms with Crippen LogP contribution in [-0.2, 0) is 14.8 Å². The molecule has 1 aromatic carbocycles. The maximum atomic E-state index is 12.8. The van der Waals surface area contributed by atoms with E-state index in [9.17, 15) is 13.2 Å². The van der Waals surface area contributed by atoms with Gasteiger partial charge in [0.2, 0.25) is 15.9 Å². The van der Waals surface area contributed by atoms with Crippen LogP contribution in [0.5, 0.6) is 11.5 Å². The zero-order valence-electron chi connectivity index (χ0n) is 13.7. The van der Waals surface area contributed by atoms with Gasteiger partial charge in [-0.15, -0.1) is 0 Å². The van der Waals surface area contributed by atoms with Gasteiger partial charge in [-0.25, -0.2) is 8.42 Å². The fourth-order valence-electron chi connectivity index (χ4n) is 2.85. The molecule has 0 spiro atoms. The fourth-order valence-corrected chi connectivity index (χ4v) is 4.29. The van der Waals surface area contributed by atoms with E-state index in [1.807, 2.05) is 6.92 Å². The van der Waals surface area contributed by atoms with E-state index in [-0.39, 0.29) is 10.8 Å². The summed E-state index contributed by atoms with van der Waals surface area (Å²) in [5.41, 5.74) is 0. The number of sulfonamides is 1. The summed E-state index contributed by atoms with van der Waals surface area (Å²) in [7, 11) is -3.60. The molecule has 1 aromatic rings. The Morgan fingerprint density at radius 1 is 1.08 bits per heavy atom. The van der Waals surface area contributed by atoms with Crippen molar-refractivity contribution >= 4 is 15.9 Å². The van der Waals surface area contributed by atoms with E-state index in [0.717, 1.165) is 6.42 Å². The van der Waals surface area contributed by atoms with Crippen LogP contribution >= 0.6 is 0 Å². The molecule has 0 atom stereocenters. The van der Waals surface area contributed by atoms with Crippen molar-refractivity contribution in [2.75, 3.05) is 39.4 Å². The Kier molecular flexibility index (Phi) is 4.96. The van der Waals surface area contributed by atoms with Crippen molar-refractivity contribution in [1.82, 2.24) is 9.21 Å². The molecule has 2 aliphatic heterocycles. The Morgan fingerprint density at radius 3 is 2.42 bits per heavy atom. The van der Waals surface area contributed by atoms with Gasteiger partial charge in [-0.05, 0) is 12.1 Å². The average molecular weight is 354 g/mol. The third kappa shape index (κ3) is 3.34. The number of carbonyl (C=O) groups is 1. The molecule has 1 amide bonds. The van der Waals surface area contributed by atoms with Gasteiger partial charge in [-0.1, -0.05) is 6.92 Å². The van der Waals surface area contributed by atoms with Crippen LogP contribution in [0.1, 0.15) is 19.8 Å². The Morgan fingerprint density at radius 2 is 1.75 bits per heavy atom. The van der Waals surface area contributed by atoms with Crippen LogP contribution in [-0.4, -0.2) is 62.9 Å². The highest BCUT2D eigenvalue weighted by molar-refractivity contribution is 7.89. The number of hydrogen-bond acceptors (Lipinski definition) is 5. The second-order valence-electron chi connectivity index (χ2n) is 5.80. The monoisotopic (exact) mass is 354 g/mol. The highest BCUT2D eigenvalue weighted by Crippen LogP contribution is 2.33. The van der Waals surface area contributed by atoms with Crippen molar-refractivity contribution in [3.05, 3.63) is 18.2 Å². The first kappa shape index (κ1) is 17.0. The highest BCUT2D eigenvalue weighted by atomic mass is 32.2. The van der Waals surface area contributed by atoms with Crippen LogP contribution < -0.4 is 9.47 Å². The molecular formula is C16H22N2O5S. The lowest BCUT2D eigenvalue weighted by Crippen LogP contribution is -2.50. The normalized spacial score (nSPS) is 19.0. The topological polar surface area (TPSA) is 76.2 Å². The number of piperazine rings is 1. The minimum absolute atomic E-state index is 0.0580. The molecule has 0 aromatic heterocycles. The summed E-state index contributed by atoms with van der Waals surface area (Å²) >= 11 is 0. The van der Waals surface area contributed by atoms with Gasteiger partial charge < -0.3 is 14.4 Å². The summed E-state index contributed by atoms with van der Waals surface area (Å²) in [6.45, 7) is 4.35. The van der Waals surface area contributed by atoms with E-state index < -0.39 is 10.0 Å². The number of carbonyl (C=O) groups excluding carboxylic acids is 1. The Balaban J connectivity index is 1.77. The summed E-state index contributed by atoms with van der Waals surface area (Å²) < 4.78 is 38.2. The molecule has 0 N–H and O–H groups in total. The maximum absolute atomic E-state index is 12.8. The smallest absolute Gasteiger partial charge is 0.243 e. The highest BCUT2D eigenvalue weighted by Gasteiger charge is 2.30. The van der Waals surface area contributed by atoms with Crippen LogP contribution in [0.25, 0.3) is 0 Å². The zero-order chi connectivity index (χ0) is 17.2. The zero-order valence-corrected chi connectivity index (χ0v) is 14.5. The molecule has 7 nitrogen and oxygen atoms in total. The molecule has 1 fully saturated rings. The first-order valence-corrected chi connectivity index (χ1v) is 9.64. The second-order valence-corrected chi connectivity index (χ2v) is 7.74. The summed E-state index contributed by atoms with van der Waals surface area (Å²) in [6, 6.07) is 4.72. The van der Waals surface area contributed by atoms with Crippen LogP contribution in [0.3, 0.4) is 0 Å². The van der Waals surface area contributed by atoms with E-state index in [0.29, 0.717) is 57.3 Å². The van der Waals surface area contributed by atoms with Crippen molar-refractivity contribution in [1.29, 1.82) is 0 Å². The van der Waals surface area contributed by atoms with Crippen molar-refractivity contribution in [2.24, 2.45) is 0 Å². The van der Waals surface area contributed by atoms with E-state index in [2.05, 4.69) is 0 Å². The fraction of sp³-hybridized carbons (Fsp3) is 0.562. The standard InChI is InChI=1S/C16H22N2O5S/c1-2-16(19)17-6-8-18(9-7-17)24(20,21)13-4-5-14-15(12-13)23-11-3-10-22-14/h4-5,12H,2-3,6-11H2,1H3. The molecule has 0 radical (unpaired) electrons. The van der Waals surface area contributed by atoms with Crippen molar-refractivity contribution in [2.45, 2.75) is 24.7 Å². The molecule has 0 saturated carbocycles. The minimum Gasteiger partial charge on any atom is -0.490 e. The lowest BCUT2D eigenvalue weighted by atomic mass is 10.3. The van der Waals surface area contributed by atoms with Gasteiger partial charge in [-0.3, -0.25) is 4.79 Å². The van der Waals surface area contributed by atoms with Gasteiger partial charge >= 0.3 is 0 Å². The van der Waals surface area contributed by atoms with Crippen molar-refractivity contribution in [3.8, 4) is 11.5 Å². The van der Waals surface area contributed by atoms with E-state index >= 15 is 0 Å². The molecular weight excluding hydrogens is 332 g/mol. The number of amides is 1. The third-order valence-corrected chi connectivity index (χ3v) is 6.15. The van der Waals surface area contributed by atoms with Gasteiger partial charge in [0.1, 0.15) is 0 Å². The Hall–Kier alpha value is -1.80. The van der Waals surface area contributed by atoms with E-state index in [4.69, 9.17) is 9.47 Å². The SMILES string of the molecule is CCC(=O)N1CCN(S(=O)(=O)c2ccc3c(c2)OCCCO3)CC1. The maximum Gasteiger partial charge on any atom is 0.243 e. The summed E-state index contributed by atoms with van der Waals surface area (Å²) in [5.74, 6) is 1.10. The minimum atomic E-state index is -3.60. The summed E-state index contributed by atoms with van der Waals surface area (Å²) in [4.78, 5) is 13.6. The number of nitrogens with zero attached hydrogens (tertiary/aromatic N) is 2. The Bertz CT molecular complexity index is 711. The third-order valence-electron chi connectivity index (χ3n) is 4.25. The first-order valence-electron chi connectivity index (χ1n) is 8.20. The Labute approximate surface area is 142 Å². The van der Waals surface area contributed by atoms with Crippen molar-refractivity contribution < 1.29 is 22.7 Å². The summed E-state index contributed by atoms with van der Waals surface area (Å²) in [5, 5.41) is 0. The van der Waals surface area contributed by atoms with Crippen LogP contribution in [0, 0.1) is 0 Å². The molecule has 0 unspecified atom stereocenters. The first-order chi connectivity index (χ1) is 11.5. The van der Waals surface area contributed by atoms with E-state index in [1.54, 1.807) is 17.0 Å². The molecule has 2 heterocycles. The lowest BCUT2D eigenvalue weighted by Gasteiger charge is -2.34. The molecule has 8 heteroatoms.